The lowest BCUT2D eigenvalue weighted by Crippen LogP contribution is -2.46. The van der Waals surface area contributed by atoms with Crippen molar-refractivity contribution in [2.75, 3.05) is 13.6 Å². The first-order chi connectivity index (χ1) is 13.5. The molecule has 0 unspecified atom stereocenters. The summed E-state index contributed by atoms with van der Waals surface area (Å²) in [6.07, 6.45) is 5.04. The standard InChI is InChI=1S/C22H32N4O2/c1-4-25-19-11-10-16(14-20(19)26(5-2)22(25)28)15-24-13-12-17-18(24)8-6-7-9-21(27)23(17)3/h10-11,14,17-18H,4-9,12-13,15H2,1-3H3/t17-,18+/m0/s1. The maximum absolute atomic E-state index is 12.6. The van der Waals surface area contributed by atoms with Crippen LogP contribution in [0.1, 0.15) is 51.5 Å². The first kappa shape index (κ1) is 19.2. The predicted octanol–water partition coefficient (Wildman–Crippen LogP) is 2.82. The van der Waals surface area contributed by atoms with Crippen LogP contribution in [0.15, 0.2) is 23.0 Å². The number of hydrogen-bond donors (Lipinski definition) is 0. The number of fused-ring (bicyclic) bond motifs is 2. The second-order valence-corrected chi connectivity index (χ2v) is 8.24. The quantitative estimate of drug-likeness (QED) is 0.814. The molecule has 4 rings (SSSR count). The van der Waals surface area contributed by atoms with Crippen LogP contribution in [0.5, 0.6) is 0 Å². The predicted molar refractivity (Wildman–Crippen MR) is 111 cm³/mol. The van der Waals surface area contributed by atoms with Gasteiger partial charge in [0.2, 0.25) is 5.91 Å². The van der Waals surface area contributed by atoms with Gasteiger partial charge in [0.1, 0.15) is 0 Å². The van der Waals surface area contributed by atoms with Crippen LogP contribution in [0.2, 0.25) is 0 Å². The number of hydrogen-bond acceptors (Lipinski definition) is 3. The first-order valence-electron chi connectivity index (χ1n) is 10.8. The second kappa shape index (κ2) is 7.74. The Labute approximate surface area is 166 Å². The lowest BCUT2D eigenvalue weighted by molar-refractivity contribution is -0.133. The van der Waals surface area contributed by atoms with Crippen LogP contribution < -0.4 is 5.69 Å². The third kappa shape index (κ3) is 3.17. The molecule has 0 saturated carbocycles. The minimum absolute atomic E-state index is 0.0820. The van der Waals surface area contributed by atoms with Gasteiger partial charge < -0.3 is 4.90 Å². The first-order valence-corrected chi connectivity index (χ1v) is 10.8. The van der Waals surface area contributed by atoms with Gasteiger partial charge in [-0.3, -0.25) is 18.8 Å². The smallest absolute Gasteiger partial charge is 0.329 e. The number of benzene rings is 1. The van der Waals surface area contributed by atoms with Crippen LogP contribution in [0, 0.1) is 0 Å². The Kier molecular flexibility index (Phi) is 5.32. The molecule has 2 aliphatic heterocycles. The van der Waals surface area contributed by atoms with E-state index in [9.17, 15) is 9.59 Å². The van der Waals surface area contributed by atoms with Gasteiger partial charge in [0.25, 0.3) is 0 Å². The van der Waals surface area contributed by atoms with Gasteiger partial charge in [0.05, 0.1) is 11.0 Å². The molecule has 6 nitrogen and oxygen atoms in total. The normalized spacial score (nSPS) is 23.8. The average Bonchev–Trinajstić information content (AvgIpc) is 3.20. The van der Waals surface area contributed by atoms with Crippen molar-refractivity contribution in [2.24, 2.45) is 0 Å². The highest BCUT2D eigenvalue weighted by Crippen LogP contribution is 2.31. The molecule has 0 bridgehead atoms. The molecule has 1 aromatic carbocycles. The van der Waals surface area contributed by atoms with Crippen LogP contribution in [0.25, 0.3) is 11.0 Å². The van der Waals surface area contributed by atoms with E-state index in [4.69, 9.17) is 0 Å². The van der Waals surface area contributed by atoms with Crippen LogP contribution >= 0.6 is 0 Å². The molecule has 2 atom stereocenters. The molecule has 1 aromatic heterocycles. The number of amides is 1. The molecule has 152 valence electrons. The molecule has 2 saturated heterocycles. The molecule has 6 heteroatoms. The van der Waals surface area contributed by atoms with Crippen LogP contribution in [0.4, 0.5) is 0 Å². The van der Waals surface area contributed by atoms with Gasteiger partial charge in [-0.15, -0.1) is 0 Å². The maximum atomic E-state index is 12.6. The number of aryl methyl sites for hydroxylation is 2. The number of aromatic nitrogens is 2. The van der Waals surface area contributed by atoms with Crippen LogP contribution in [-0.2, 0) is 24.4 Å². The van der Waals surface area contributed by atoms with Crippen molar-refractivity contribution < 1.29 is 4.79 Å². The Hall–Kier alpha value is -2.08. The van der Waals surface area contributed by atoms with Crippen molar-refractivity contribution in [2.45, 2.75) is 77.7 Å². The minimum Gasteiger partial charge on any atom is -0.341 e. The van der Waals surface area contributed by atoms with Gasteiger partial charge >= 0.3 is 5.69 Å². The highest BCUT2D eigenvalue weighted by atomic mass is 16.2. The molecule has 0 radical (unpaired) electrons. The van der Waals surface area contributed by atoms with Gasteiger partial charge in [-0.05, 0) is 50.8 Å². The van der Waals surface area contributed by atoms with Crippen LogP contribution in [-0.4, -0.2) is 50.5 Å². The molecule has 1 amide bonds. The Bertz CT molecular complexity index is 928. The molecule has 3 heterocycles. The second-order valence-electron chi connectivity index (χ2n) is 8.24. The highest BCUT2D eigenvalue weighted by molar-refractivity contribution is 5.77. The van der Waals surface area contributed by atoms with E-state index in [-0.39, 0.29) is 5.69 Å². The maximum Gasteiger partial charge on any atom is 0.329 e. The van der Waals surface area contributed by atoms with Gasteiger partial charge in [-0.25, -0.2) is 4.79 Å². The summed E-state index contributed by atoms with van der Waals surface area (Å²) in [6.45, 7) is 7.34. The lowest BCUT2D eigenvalue weighted by atomic mass is 9.97. The number of carbonyl (C=O) groups is 1. The fourth-order valence-corrected chi connectivity index (χ4v) is 5.22. The summed E-state index contributed by atoms with van der Waals surface area (Å²) >= 11 is 0. The Morgan fingerprint density at radius 2 is 1.71 bits per heavy atom. The lowest BCUT2D eigenvalue weighted by Gasteiger charge is -2.35. The molecular formula is C22H32N4O2. The summed E-state index contributed by atoms with van der Waals surface area (Å²) in [6, 6.07) is 7.24. The highest BCUT2D eigenvalue weighted by Gasteiger charge is 2.38. The molecule has 0 spiro atoms. The molecule has 0 N–H and O–H groups in total. The van der Waals surface area contributed by atoms with Gasteiger partial charge in [-0.1, -0.05) is 12.5 Å². The van der Waals surface area contributed by atoms with Crippen molar-refractivity contribution >= 4 is 16.9 Å². The minimum atomic E-state index is 0.0820. The van der Waals surface area contributed by atoms with Gasteiger partial charge in [0, 0.05) is 51.7 Å². The zero-order valence-electron chi connectivity index (χ0n) is 17.4. The summed E-state index contributed by atoms with van der Waals surface area (Å²) in [5, 5.41) is 0. The fraction of sp³-hybridized carbons (Fsp3) is 0.636. The largest absolute Gasteiger partial charge is 0.341 e. The summed E-state index contributed by atoms with van der Waals surface area (Å²) in [7, 11) is 1.98. The van der Waals surface area contributed by atoms with Crippen LogP contribution in [0.3, 0.4) is 0 Å². The molecular weight excluding hydrogens is 352 g/mol. The molecule has 0 aliphatic carbocycles. The summed E-state index contributed by atoms with van der Waals surface area (Å²) in [4.78, 5) is 29.5. The zero-order valence-corrected chi connectivity index (χ0v) is 17.4. The summed E-state index contributed by atoms with van der Waals surface area (Å²) < 4.78 is 3.72. The SMILES string of the molecule is CCn1c(=O)n(CC)c2cc(CN3CC[C@H]4[C@H]3CCCCC(=O)N4C)ccc21. The number of likely N-dealkylation sites (N-methyl/N-ethyl adjacent to an activating group) is 1. The molecule has 2 aliphatic rings. The number of rotatable bonds is 4. The Balaban J connectivity index is 1.61. The zero-order chi connectivity index (χ0) is 19.8. The van der Waals surface area contributed by atoms with E-state index in [0.29, 0.717) is 37.5 Å². The number of likely N-dealkylation sites (tertiary alicyclic amines) is 2. The van der Waals surface area contributed by atoms with E-state index < -0.39 is 0 Å². The van der Waals surface area contributed by atoms with E-state index in [1.807, 2.05) is 34.9 Å². The van der Waals surface area contributed by atoms with Crippen molar-refractivity contribution in [1.29, 1.82) is 0 Å². The Morgan fingerprint density at radius 3 is 2.46 bits per heavy atom. The number of nitrogens with zero attached hydrogens (tertiary/aromatic N) is 4. The topological polar surface area (TPSA) is 50.5 Å². The van der Waals surface area contributed by atoms with E-state index in [0.717, 1.165) is 49.8 Å². The van der Waals surface area contributed by atoms with Crippen molar-refractivity contribution in [3.8, 4) is 0 Å². The summed E-state index contributed by atoms with van der Waals surface area (Å²) in [5.41, 5.74) is 3.39. The third-order valence-electron chi connectivity index (χ3n) is 6.76. The summed E-state index contributed by atoms with van der Waals surface area (Å²) in [5.74, 6) is 0.297. The van der Waals surface area contributed by atoms with E-state index in [2.05, 4.69) is 23.1 Å². The monoisotopic (exact) mass is 384 g/mol. The van der Waals surface area contributed by atoms with Crippen molar-refractivity contribution in [3.05, 3.63) is 34.2 Å². The molecule has 2 fully saturated rings. The third-order valence-corrected chi connectivity index (χ3v) is 6.76. The fourth-order valence-electron chi connectivity index (χ4n) is 5.22. The molecule has 2 aromatic rings. The van der Waals surface area contributed by atoms with Gasteiger partial charge in [-0.2, -0.15) is 0 Å². The Morgan fingerprint density at radius 1 is 0.964 bits per heavy atom. The van der Waals surface area contributed by atoms with Crippen molar-refractivity contribution in [1.82, 2.24) is 18.9 Å². The van der Waals surface area contributed by atoms with E-state index in [1.54, 1.807) is 0 Å². The number of carbonyl (C=O) groups excluding carboxylic acids is 1. The van der Waals surface area contributed by atoms with Crippen molar-refractivity contribution in [3.63, 3.8) is 0 Å². The number of imidazole rings is 1. The molecule has 28 heavy (non-hydrogen) atoms. The average molecular weight is 385 g/mol. The van der Waals surface area contributed by atoms with E-state index in [1.165, 1.54) is 5.56 Å². The van der Waals surface area contributed by atoms with Gasteiger partial charge in [0.15, 0.2) is 0 Å². The van der Waals surface area contributed by atoms with E-state index >= 15 is 0 Å².